The number of likely N-dealkylation sites (N-methyl/N-ethyl adjacent to an activating group) is 1. The Balaban J connectivity index is 2.03. The van der Waals surface area contributed by atoms with E-state index in [0.29, 0.717) is 13.2 Å². The van der Waals surface area contributed by atoms with E-state index in [1.165, 1.54) is 5.56 Å². The van der Waals surface area contributed by atoms with Crippen molar-refractivity contribution in [2.75, 3.05) is 33.9 Å². The highest BCUT2D eigenvalue weighted by atomic mass is 79.9. The van der Waals surface area contributed by atoms with Gasteiger partial charge in [-0.3, -0.25) is 4.99 Å². The van der Waals surface area contributed by atoms with E-state index in [9.17, 15) is 5.11 Å². The highest BCUT2D eigenvalue weighted by Gasteiger charge is 2.25. The maximum Gasteiger partial charge on any atom is 0.131 e. The molecule has 0 spiro atoms. The van der Waals surface area contributed by atoms with Gasteiger partial charge in [0.2, 0.25) is 0 Å². The number of aliphatic hydroxyl groups excluding tert-OH is 1. The number of amidine groups is 1. The van der Waals surface area contributed by atoms with Crippen molar-refractivity contribution in [3.05, 3.63) is 70.3 Å². The molecule has 0 radical (unpaired) electrons. The lowest BCUT2D eigenvalue weighted by molar-refractivity contribution is 0.212. The van der Waals surface area contributed by atoms with Crippen molar-refractivity contribution in [3.63, 3.8) is 0 Å². The molecule has 5 heteroatoms. The smallest absolute Gasteiger partial charge is 0.131 e. The van der Waals surface area contributed by atoms with E-state index < -0.39 is 0 Å². The lowest BCUT2D eigenvalue weighted by Crippen LogP contribution is -2.36. The average molecular weight is 419 g/mol. The number of aryl methyl sites for hydroxylation is 1. The SMILES string of the molecule is C=C(/C=C(Br)\C=C/COC)CCc1ccccc1C1=NCC(CO)N1C. The lowest BCUT2D eigenvalue weighted by atomic mass is 9.99. The molecule has 0 aliphatic carbocycles. The number of nitrogens with zero attached hydrogens (tertiary/aromatic N) is 2. The number of methoxy groups -OCH3 is 1. The molecule has 140 valence electrons. The van der Waals surface area contributed by atoms with Crippen LogP contribution in [0.25, 0.3) is 0 Å². The highest BCUT2D eigenvalue weighted by Crippen LogP contribution is 2.21. The third-order valence-corrected chi connectivity index (χ3v) is 4.89. The molecule has 1 aromatic carbocycles. The third kappa shape index (κ3) is 5.66. The summed E-state index contributed by atoms with van der Waals surface area (Å²) in [6, 6.07) is 8.41. The molecule has 1 aliphatic heterocycles. The van der Waals surface area contributed by atoms with Crippen molar-refractivity contribution >= 4 is 21.8 Å². The standard InChI is InChI=1S/C21H27BrN2O2/c1-16(13-18(22)8-6-12-26-3)10-11-17-7-4-5-9-20(17)21-23-14-19(15-25)24(21)2/h4-9,13,19,25H,1,10-12,14-15H2,2-3H3/b8-6-,18-13+. The van der Waals surface area contributed by atoms with E-state index in [-0.39, 0.29) is 12.6 Å². The van der Waals surface area contributed by atoms with Crippen LogP contribution in [0.15, 0.2) is 64.1 Å². The topological polar surface area (TPSA) is 45.1 Å². The fourth-order valence-electron chi connectivity index (χ4n) is 2.88. The van der Waals surface area contributed by atoms with Gasteiger partial charge in [-0.05, 0) is 30.6 Å². The maximum absolute atomic E-state index is 9.46. The summed E-state index contributed by atoms with van der Waals surface area (Å²) in [5.41, 5.74) is 3.45. The van der Waals surface area contributed by atoms with Gasteiger partial charge in [-0.1, -0.05) is 58.4 Å². The molecule has 2 rings (SSSR count). The number of halogens is 1. The van der Waals surface area contributed by atoms with Crippen LogP contribution in [-0.2, 0) is 11.2 Å². The molecule has 1 heterocycles. The molecule has 26 heavy (non-hydrogen) atoms. The Morgan fingerprint density at radius 3 is 2.92 bits per heavy atom. The van der Waals surface area contributed by atoms with E-state index in [1.807, 2.05) is 31.3 Å². The number of rotatable bonds is 9. The normalized spacial score (nSPS) is 17.8. The first-order valence-corrected chi connectivity index (χ1v) is 9.53. The van der Waals surface area contributed by atoms with Crippen molar-refractivity contribution in [2.24, 2.45) is 4.99 Å². The van der Waals surface area contributed by atoms with Crippen molar-refractivity contribution in [3.8, 4) is 0 Å². The molecule has 1 aliphatic rings. The number of benzene rings is 1. The van der Waals surface area contributed by atoms with Gasteiger partial charge in [0.1, 0.15) is 5.84 Å². The molecular formula is C21H27BrN2O2. The summed E-state index contributed by atoms with van der Waals surface area (Å²) in [7, 11) is 3.67. The second-order valence-electron chi connectivity index (χ2n) is 6.31. The molecule has 1 unspecified atom stereocenters. The minimum atomic E-state index is 0.0748. The Morgan fingerprint density at radius 2 is 2.23 bits per heavy atom. The van der Waals surface area contributed by atoms with Crippen molar-refractivity contribution < 1.29 is 9.84 Å². The summed E-state index contributed by atoms with van der Waals surface area (Å²) in [4.78, 5) is 6.71. The molecule has 1 aromatic rings. The Kier molecular flexibility index (Phi) is 8.29. The van der Waals surface area contributed by atoms with Gasteiger partial charge in [-0.15, -0.1) is 0 Å². The predicted molar refractivity (Wildman–Crippen MR) is 112 cm³/mol. The highest BCUT2D eigenvalue weighted by molar-refractivity contribution is 9.11. The lowest BCUT2D eigenvalue weighted by Gasteiger charge is -2.22. The Bertz CT molecular complexity index is 710. The van der Waals surface area contributed by atoms with E-state index in [0.717, 1.165) is 34.3 Å². The largest absolute Gasteiger partial charge is 0.394 e. The average Bonchev–Trinajstić information content (AvgIpc) is 3.01. The molecule has 1 N–H and O–H groups in total. The van der Waals surface area contributed by atoms with Gasteiger partial charge in [0.15, 0.2) is 0 Å². The first kappa shape index (κ1) is 20.6. The second kappa shape index (κ2) is 10.5. The summed E-state index contributed by atoms with van der Waals surface area (Å²) in [6.45, 7) is 5.52. The number of ether oxygens (including phenoxy) is 1. The summed E-state index contributed by atoms with van der Waals surface area (Å²) in [5, 5.41) is 9.46. The van der Waals surface area contributed by atoms with Gasteiger partial charge in [0.05, 0.1) is 25.8 Å². The van der Waals surface area contributed by atoms with E-state index in [4.69, 9.17) is 4.74 Å². The van der Waals surface area contributed by atoms with Gasteiger partial charge in [0, 0.05) is 24.2 Å². The molecular weight excluding hydrogens is 392 g/mol. The number of hydrogen-bond acceptors (Lipinski definition) is 4. The monoisotopic (exact) mass is 418 g/mol. The van der Waals surface area contributed by atoms with Crippen LogP contribution >= 0.6 is 15.9 Å². The fourth-order valence-corrected chi connectivity index (χ4v) is 3.39. The van der Waals surface area contributed by atoms with Crippen LogP contribution in [0.1, 0.15) is 17.5 Å². The second-order valence-corrected chi connectivity index (χ2v) is 7.23. The van der Waals surface area contributed by atoms with Crippen molar-refractivity contribution in [1.82, 2.24) is 4.90 Å². The molecule has 4 nitrogen and oxygen atoms in total. The van der Waals surface area contributed by atoms with Gasteiger partial charge in [-0.25, -0.2) is 0 Å². The van der Waals surface area contributed by atoms with E-state index in [1.54, 1.807) is 7.11 Å². The van der Waals surface area contributed by atoms with Crippen molar-refractivity contribution in [1.29, 1.82) is 0 Å². The quantitative estimate of drug-likeness (QED) is 0.621. The zero-order chi connectivity index (χ0) is 18.9. The Hall–Kier alpha value is -1.69. The first-order valence-electron chi connectivity index (χ1n) is 8.73. The molecule has 0 saturated heterocycles. The van der Waals surface area contributed by atoms with E-state index >= 15 is 0 Å². The predicted octanol–water partition coefficient (Wildman–Crippen LogP) is 3.71. The van der Waals surface area contributed by atoms with Gasteiger partial charge in [0.25, 0.3) is 0 Å². The number of aliphatic imine (C=N–C) groups is 1. The summed E-state index contributed by atoms with van der Waals surface area (Å²) >= 11 is 3.53. The molecule has 0 bridgehead atoms. The number of hydrogen-bond donors (Lipinski definition) is 1. The van der Waals surface area contributed by atoms with Gasteiger partial charge >= 0.3 is 0 Å². The first-order chi connectivity index (χ1) is 12.6. The summed E-state index contributed by atoms with van der Waals surface area (Å²) in [5.74, 6) is 0.962. The molecule has 0 aromatic heterocycles. The zero-order valence-corrected chi connectivity index (χ0v) is 17.1. The van der Waals surface area contributed by atoms with Crippen LogP contribution < -0.4 is 0 Å². The van der Waals surface area contributed by atoms with Crippen LogP contribution in [0.3, 0.4) is 0 Å². The zero-order valence-electron chi connectivity index (χ0n) is 15.5. The third-order valence-electron chi connectivity index (χ3n) is 4.40. The number of allylic oxidation sites excluding steroid dienone is 4. The van der Waals surface area contributed by atoms with Crippen LogP contribution in [0, 0.1) is 0 Å². The molecule has 0 saturated carbocycles. The van der Waals surface area contributed by atoms with Crippen LogP contribution in [0.4, 0.5) is 0 Å². The van der Waals surface area contributed by atoms with E-state index in [2.05, 4.69) is 50.6 Å². The maximum atomic E-state index is 9.46. The van der Waals surface area contributed by atoms with Gasteiger partial charge < -0.3 is 14.7 Å². The Labute approximate surface area is 164 Å². The van der Waals surface area contributed by atoms with Crippen LogP contribution in [0.2, 0.25) is 0 Å². The minimum Gasteiger partial charge on any atom is -0.394 e. The molecule has 1 atom stereocenters. The fraction of sp³-hybridized carbons (Fsp3) is 0.381. The summed E-state index contributed by atoms with van der Waals surface area (Å²) < 4.78 is 5.99. The van der Waals surface area contributed by atoms with Crippen LogP contribution in [-0.4, -0.2) is 55.8 Å². The van der Waals surface area contributed by atoms with Crippen molar-refractivity contribution in [2.45, 2.75) is 18.9 Å². The molecule has 0 amide bonds. The Morgan fingerprint density at radius 1 is 1.46 bits per heavy atom. The van der Waals surface area contributed by atoms with Crippen LogP contribution in [0.5, 0.6) is 0 Å². The molecule has 0 fully saturated rings. The number of aliphatic hydroxyl groups is 1. The summed E-state index contributed by atoms with van der Waals surface area (Å²) in [6.07, 6.45) is 7.72. The van der Waals surface area contributed by atoms with Gasteiger partial charge in [-0.2, -0.15) is 0 Å². The minimum absolute atomic E-state index is 0.0748.